The van der Waals surface area contributed by atoms with Crippen LogP contribution in [0, 0.1) is 5.41 Å². The van der Waals surface area contributed by atoms with Gasteiger partial charge in [-0.1, -0.05) is 16.9 Å². The second-order valence-corrected chi connectivity index (χ2v) is 9.79. The van der Waals surface area contributed by atoms with E-state index in [1.807, 2.05) is 0 Å². The predicted molar refractivity (Wildman–Crippen MR) is 118 cm³/mol. The average molecular weight is 528 g/mol. The van der Waals surface area contributed by atoms with Gasteiger partial charge in [0.1, 0.15) is 17.1 Å². The Morgan fingerprint density at radius 2 is 2.24 bits per heavy atom. The van der Waals surface area contributed by atoms with E-state index in [2.05, 4.69) is 31.0 Å². The van der Waals surface area contributed by atoms with Crippen LogP contribution in [0.3, 0.4) is 0 Å². The Morgan fingerprint density at radius 3 is 2.88 bits per heavy atom. The highest BCUT2D eigenvalue weighted by Crippen LogP contribution is 2.41. The van der Waals surface area contributed by atoms with Crippen LogP contribution in [0.25, 0.3) is 0 Å². The number of hydrogen-bond acceptors (Lipinski definition) is 13. The monoisotopic (exact) mass is 527 g/mol. The summed E-state index contributed by atoms with van der Waals surface area (Å²) in [6.45, 7) is 0.0281. The van der Waals surface area contributed by atoms with Gasteiger partial charge >= 0.3 is 5.97 Å². The molecule has 0 bridgehead atoms. The molecular formula is C16H17N9O6S3. The lowest BCUT2D eigenvalue weighted by Gasteiger charge is -2.49. The molecule has 18 heteroatoms. The van der Waals surface area contributed by atoms with Gasteiger partial charge in [-0.3, -0.25) is 19.9 Å². The van der Waals surface area contributed by atoms with Crippen LogP contribution < -0.4 is 10.1 Å². The van der Waals surface area contributed by atoms with Crippen molar-refractivity contribution in [3.8, 4) is 0 Å². The fourth-order valence-corrected chi connectivity index (χ4v) is 6.29. The molecule has 15 nitrogen and oxygen atoms in total. The molecule has 0 saturated carbocycles. The van der Waals surface area contributed by atoms with Gasteiger partial charge in [-0.25, -0.2) is 9.48 Å². The second kappa shape index (κ2) is 9.95. The molecular weight excluding hydrogens is 510 g/mol. The summed E-state index contributed by atoms with van der Waals surface area (Å²) < 4.78 is 1.39. The number of thioether (sulfide) groups is 2. The number of aromatic amines is 1. The molecule has 180 valence electrons. The molecule has 2 aromatic heterocycles. The summed E-state index contributed by atoms with van der Waals surface area (Å²) in [6, 6.07) is -1.01. The molecule has 2 aliphatic heterocycles. The number of H-pyrrole nitrogens is 1. The number of thiazole rings is 1. The zero-order valence-corrected chi connectivity index (χ0v) is 19.5. The van der Waals surface area contributed by atoms with Crippen molar-refractivity contribution in [2.24, 2.45) is 5.16 Å². The van der Waals surface area contributed by atoms with Gasteiger partial charge in [0, 0.05) is 16.9 Å². The first-order valence-electron chi connectivity index (χ1n) is 9.51. The van der Waals surface area contributed by atoms with Crippen molar-refractivity contribution in [1.29, 1.82) is 5.41 Å². The number of carbonyl (C=O) groups is 3. The van der Waals surface area contributed by atoms with E-state index in [0.29, 0.717) is 16.5 Å². The number of aliphatic carboxylic acids is 1. The Kier molecular flexibility index (Phi) is 7.00. The summed E-state index contributed by atoms with van der Waals surface area (Å²) in [5, 5.41) is 53.4. The number of carbonyl (C=O) groups excluding carboxylic acids is 2. The van der Waals surface area contributed by atoms with Crippen LogP contribution in [-0.2, 0) is 20.9 Å². The molecule has 0 aliphatic carbocycles. The number of aliphatic hydroxyl groups excluding tert-OH is 1. The van der Waals surface area contributed by atoms with Crippen LogP contribution in [0.4, 0.5) is 0 Å². The standard InChI is InChI=1S/C16H17N9O6S3/c17-15-18-7(5-33-15)8(21-31)11(27)19-9-12(28)25-10(14(29)30)6(3-32-13(9)25)4-34-16-20-22-23-24(16)1-2-26/h5,9,13,26,31H,1-4H2,(H2,17,18)(H,19,27)(H,29,30)/b21-8-/t9?,13-/m1/s1. The number of rotatable bonds is 9. The maximum atomic E-state index is 12.8. The normalized spacial score (nSPS) is 20.2. The van der Waals surface area contributed by atoms with E-state index in [9.17, 15) is 24.7 Å². The van der Waals surface area contributed by atoms with Gasteiger partial charge in [0.05, 0.1) is 18.8 Å². The van der Waals surface area contributed by atoms with Crippen LogP contribution >= 0.6 is 34.9 Å². The van der Waals surface area contributed by atoms with Gasteiger partial charge < -0.3 is 25.7 Å². The third-order valence-corrected chi connectivity index (χ3v) is 7.91. The number of carboxylic acid groups (broad SMARTS) is 1. The maximum Gasteiger partial charge on any atom is 0.352 e. The maximum absolute atomic E-state index is 12.8. The zero-order valence-electron chi connectivity index (χ0n) is 17.0. The van der Waals surface area contributed by atoms with Crippen LogP contribution in [0.1, 0.15) is 5.69 Å². The zero-order chi connectivity index (χ0) is 24.4. The van der Waals surface area contributed by atoms with E-state index in [1.54, 1.807) is 0 Å². The minimum absolute atomic E-state index is 0.0460. The predicted octanol–water partition coefficient (Wildman–Crippen LogP) is -1.76. The highest BCUT2D eigenvalue weighted by atomic mass is 32.2. The number of tetrazole rings is 1. The lowest BCUT2D eigenvalue weighted by Crippen LogP contribution is -2.71. The lowest BCUT2D eigenvalue weighted by atomic mass is 10.0. The highest BCUT2D eigenvalue weighted by Gasteiger charge is 2.54. The molecule has 1 fully saturated rings. The smallest absolute Gasteiger partial charge is 0.352 e. The van der Waals surface area contributed by atoms with E-state index in [1.165, 1.54) is 33.6 Å². The van der Waals surface area contributed by atoms with Crippen molar-refractivity contribution in [2.75, 3.05) is 18.1 Å². The molecule has 2 atom stereocenters. The SMILES string of the molecule is N=c1[nH]c(/C(=N/O)C(=O)NC2C(=O)N3C(C(=O)O)=C(CSc4nnnn4CCO)CS[C@H]23)cs1. The highest BCUT2D eigenvalue weighted by molar-refractivity contribution is 8.01. The third kappa shape index (κ3) is 4.43. The van der Waals surface area contributed by atoms with E-state index >= 15 is 0 Å². The molecule has 4 rings (SSSR count). The van der Waals surface area contributed by atoms with E-state index < -0.39 is 34.9 Å². The van der Waals surface area contributed by atoms with E-state index in [-0.39, 0.29) is 35.1 Å². The van der Waals surface area contributed by atoms with Crippen molar-refractivity contribution in [3.05, 3.63) is 27.1 Å². The first-order chi connectivity index (χ1) is 16.3. The third-order valence-electron chi connectivity index (χ3n) is 4.84. The first kappa shape index (κ1) is 23.9. The minimum atomic E-state index is -1.28. The molecule has 0 aromatic carbocycles. The topological polar surface area (TPSA) is 223 Å². The van der Waals surface area contributed by atoms with Crippen molar-refractivity contribution in [2.45, 2.75) is 23.1 Å². The number of fused-ring (bicyclic) bond motifs is 1. The number of carboxylic acids is 1. The Morgan fingerprint density at radius 1 is 1.44 bits per heavy atom. The summed E-state index contributed by atoms with van der Waals surface area (Å²) in [6.07, 6.45) is 0. The fourth-order valence-electron chi connectivity index (χ4n) is 3.33. The van der Waals surface area contributed by atoms with Crippen molar-refractivity contribution < 1.29 is 29.8 Å². The quantitative estimate of drug-likeness (QED) is 0.0704. The van der Waals surface area contributed by atoms with Gasteiger partial charge in [0.2, 0.25) is 5.16 Å². The molecule has 0 radical (unpaired) electrons. The van der Waals surface area contributed by atoms with Gasteiger partial charge in [-0.05, 0) is 16.0 Å². The summed E-state index contributed by atoms with van der Waals surface area (Å²) in [7, 11) is 0. The summed E-state index contributed by atoms with van der Waals surface area (Å²) in [4.78, 5) is 41.1. The second-order valence-electron chi connectivity index (χ2n) is 6.87. The van der Waals surface area contributed by atoms with Crippen molar-refractivity contribution in [1.82, 2.24) is 35.4 Å². The van der Waals surface area contributed by atoms with E-state index in [0.717, 1.165) is 16.2 Å². The Labute approximate surface area is 202 Å². The number of aliphatic hydroxyl groups is 1. The number of amides is 2. The number of β-lactam (4-membered cyclic amide) rings is 1. The molecule has 2 aliphatic rings. The number of aromatic nitrogens is 5. The first-order valence-corrected chi connectivity index (χ1v) is 12.4. The van der Waals surface area contributed by atoms with Crippen LogP contribution in [0.2, 0.25) is 0 Å². The Hall–Kier alpha value is -3.22. The van der Waals surface area contributed by atoms with Gasteiger partial charge in [-0.15, -0.1) is 28.2 Å². The molecule has 1 unspecified atom stereocenters. The van der Waals surface area contributed by atoms with Gasteiger partial charge in [0.15, 0.2) is 10.5 Å². The lowest BCUT2D eigenvalue weighted by molar-refractivity contribution is -0.150. The van der Waals surface area contributed by atoms with Crippen LogP contribution in [0.15, 0.2) is 27.0 Å². The summed E-state index contributed by atoms with van der Waals surface area (Å²) in [5.41, 5.74) is 0.0512. The summed E-state index contributed by atoms with van der Waals surface area (Å²) in [5.74, 6) is -2.23. The van der Waals surface area contributed by atoms with Crippen molar-refractivity contribution >= 4 is 58.4 Å². The van der Waals surface area contributed by atoms with E-state index in [4.69, 9.17) is 10.5 Å². The number of hydrogen-bond donors (Lipinski definition) is 6. The molecule has 1 saturated heterocycles. The minimum Gasteiger partial charge on any atom is -0.477 e. The average Bonchev–Trinajstić information content (AvgIpc) is 3.44. The van der Waals surface area contributed by atoms with Crippen molar-refractivity contribution in [3.63, 3.8) is 0 Å². The van der Waals surface area contributed by atoms with Crippen LogP contribution in [-0.4, -0.2) is 98.5 Å². The molecule has 34 heavy (non-hydrogen) atoms. The molecule has 2 amide bonds. The molecule has 0 spiro atoms. The Balaban J connectivity index is 1.48. The fraction of sp³-hybridized carbons (Fsp3) is 0.375. The van der Waals surface area contributed by atoms with Crippen LogP contribution in [0.5, 0.6) is 0 Å². The number of nitrogens with zero attached hydrogens (tertiary/aromatic N) is 6. The largest absolute Gasteiger partial charge is 0.477 e. The molecule has 4 heterocycles. The summed E-state index contributed by atoms with van der Waals surface area (Å²) >= 11 is 3.46. The molecule has 2 aromatic rings. The van der Waals surface area contributed by atoms with Gasteiger partial charge in [0.25, 0.3) is 11.8 Å². The number of nitrogens with one attached hydrogen (secondary N) is 3. The number of oxime groups is 1. The molecule has 6 N–H and O–H groups in total. The Bertz CT molecular complexity index is 1250. The van der Waals surface area contributed by atoms with Gasteiger partial charge in [-0.2, -0.15) is 0 Å².